The molecule has 4 N–H and O–H groups in total. The lowest BCUT2D eigenvalue weighted by Gasteiger charge is -2.29. The van der Waals surface area contributed by atoms with Gasteiger partial charge >= 0.3 is 0 Å². The quantitative estimate of drug-likeness (QED) is 0.632. The second-order valence-electron chi connectivity index (χ2n) is 5.54. The summed E-state index contributed by atoms with van der Waals surface area (Å²) in [4.78, 5) is 4.42. The molecule has 24 heavy (non-hydrogen) atoms. The Labute approximate surface area is 140 Å². The van der Waals surface area contributed by atoms with Crippen LogP contribution in [0.1, 0.15) is 29.6 Å². The summed E-state index contributed by atoms with van der Waals surface area (Å²) in [6.45, 7) is 2.49. The summed E-state index contributed by atoms with van der Waals surface area (Å²) >= 11 is 0. The van der Waals surface area contributed by atoms with Gasteiger partial charge in [-0.1, -0.05) is 60.7 Å². The van der Waals surface area contributed by atoms with Crippen molar-refractivity contribution in [2.45, 2.75) is 19.1 Å². The third-order valence-corrected chi connectivity index (χ3v) is 4.19. The molecule has 1 aromatic heterocycles. The Morgan fingerprint density at radius 2 is 1.58 bits per heavy atom. The van der Waals surface area contributed by atoms with Gasteiger partial charge < -0.3 is 20.8 Å². The minimum absolute atomic E-state index is 0.243. The van der Waals surface area contributed by atoms with Crippen LogP contribution in [0, 0.1) is 5.41 Å². The van der Waals surface area contributed by atoms with E-state index >= 15 is 0 Å². The summed E-state index contributed by atoms with van der Waals surface area (Å²) in [5.74, 6) is 0.658. The van der Waals surface area contributed by atoms with Crippen LogP contribution in [0.25, 0.3) is 0 Å². The molecule has 0 saturated carbocycles. The molecule has 0 fully saturated rings. The average Bonchev–Trinajstić information content (AvgIpc) is 2.98. The first kappa shape index (κ1) is 16.0. The summed E-state index contributed by atoms with van der Waals surface area (Å²) in [6.07, 6.45) is 1.17. The molecular formula is C19H20N4O. The molecule has 0 saturated heterocycles. The van der Waals surface area contributed by atoms with Crippen molar-refractivity contribution in [1.82, 2.24) is 9.55 Å². The molecule has 0 bridgehead atoms. The SMILES string of the molecule is CCn1c(C(O)(c2ccccc2)c2ccccc2)nc(N)c1C=N. The number of anilines is 1. The van der Waals surface area contributed by atoms with Crippen LogP contribution in [0.3, 0.4) is 0 Å². The maximum Gasteiger partial charge on any atom is 0.173 e. The summed E-state index contributed by atoms with van der Waals surface area (Å²) in [7, 11) is 0. The van der Waals surface area contributed by atoms with Crippen molar-refractivity contribution < 1.29 is 5.11 Å². The number of rotatable bonds is 5. The standard InChI is InChI=1S/C19H20N4O/c1-2-23-16(13-20)17(21)22-18(23)19(24,14-9-5-3-6-10-14)15-11-7-4-8-12-15/h3-13,20,24H,2,21H2,1H3. The molecule has 0 radical (unpaired) electrons. The summed E-state index contributed by atoms with van der Waals surface area (Å²) < 4.78 is 1.78. The summed E-state index contributed by atoms with van der Waals surface area (Å²) in [5, 5.41) is 19.4. The third kappa shape index (κ3) is 2.39. The second-order valence-corrected chi connectivity index (χ2v) is 5.54. The number of nitrogens with one attached hydrogen (secondary N) is 1. The molecule has 122 valence electrons. The van der Waals surface area contributed by atoms with Gasteiger partial charge in [-0.05, 0) is 18.1 Å². The van der Waals surface area contributed by atoms with Gasteiger partial charge in [0.25, 0.3) is 0 Å². The van der Waals surface area contributed by atoms with Gasteiger partial charge in [0.1, 0.15) is 5.69 Å². The third-order valence-electron chi connectivity index (χ3n) is 4.19. The Morgan fingerprint density at radius 1 is 1.08 bits per heavy atom. The minimum atomic E-state index is -1.45. The van der Waals surface area contributed by atoms with E-state index in [2.05, 4.69) is 4.98 Å². The number of nitrogens with zero attached hydrogens (tertiary/aromatic N) is 2. The van der Waals surface area contributed by atoms with Crippen molar-refractivity contribution in [2.75, 3.05) is 5.73 Å². The molecule has 0 unspecified atom stereocenters. The second kappa shape index (κ2) is 6.29. The number of nitrogen functional groups attached to an aromatic ring is 1. The van der Waals surface area contributed by atoms with E-state index in [4.69, 9.17) is 11.1 Å². The zero-order valence-corrected chi connectivity index (χ0v) is 13.5. The van der Waals surface area contributed by atoms with Crippen LogP contribution < -0.4 is 5.73 Å². The largest absolute Gasteiger partial charge is 0.382 e. The highest BCUT2D eigenvalue weighted by molar-refractivity contribution is 5.81. The van der Waals surface area contributed by atoms with Crippen molar-refractivity contribution in [3.05, 3.63) is 83.3 Å². The number of aliphatic hydroxyl groups is 1. The lowest BCUT2D eigenvalue weighted by atomic mass is 9.85. The number of hydrogen-bond donors (Lipinski definition) is 3. The summed E-state index contributed by atoms with van der Waals surface area (Å²) in [6, 6.07) is 18.8. The molecule has 0 amide bonds. The first-order valence-corrected chi connectivity index (χ1v) is 7.83. The number of benzene rings is 2. The molecule has 3 rings (SSSR count). The van der Waals surface area contributed by atoms with Crippen LogP contribution in [0.2, 0.25) is 0 Å². The Bertz CT molecular complexity index is 801. The van der Waals surface area contributed by atoms with E-state index < -0.39 is 5.60 Å². The van der Waals surface area contributed by atoms with Crippen LogP contribution in [-0.4, -0.2) is 20.9 Å². The molecule has 3 aromatic rings. The first-order chi connectivity index (χ1) is 11.6. The Kier molecular flexibility index (Phi) is 4.18. The highest BCUT2D eigenvalue weighted by atomic mass is 16.3. The normalized spacial score (nSPS) is 11.4. The van der Waals surface area contributed by atoms with Crippen molar-refractivity contribution in [3.8, 4) is 0 Å². The molecule has 0 aliphatic carbocycles. The first-order valence-electron chi connectivity index (χ1n) is 7.83. The molecule has 0 aliphatic heterocycles. The van der Waals surface area contributed by atoms with Gasteiger partial charge in [0.05, 0.1) is 0 Å². The number of hydrogen-bond acceptors (Lipinski definition) is 4. The number of aromatic nitrogens is 2. The smallest absolute Gasteiger partial charge is 0.173 e. The predicted octanol–water partition coefficient (Wildman–Crippen LogP) is 2.77. The van der Waals surface area contributed by atoms with E-state index in [1.165, 1.54) is 6.21 Å². The van der Waals surface area contributed by atoms with Crippen LogP contribution in [0.15, 0.2) is 60.7 Å². The number of imidazole rings is 1. The van der Waals surface area contributed by atoms with Gasteiger partial charge in [-0.15, -0.1) is 0 Å². The van der Waals surface area contributed by atoms with Gasteiger partial charge in [0.15, 0.2) is 17.2 Å². The van der Waals surface area contributed by atoms with E-state index in [-0.39, 0.29) is 5.82 Å². The lowest BCUT2D eigenvalue weighted by molar-refractivity contribution is 0.111. The topological polar surface area (TPSA) is 87.9 Å². The fourth-order valence-corrected chi connectivity index (χ4v) is 3.02. The monoisotopic (exact) mass is 320 g/mol. The Balaban J connectivity index is 2.34. The molecule has 5 heteroatoms. The maximum atomic E-state index is 11.8. The van der Waals surface area contributed by atoms with Crippen molar-refractivity contribution in [2.24, 2.45) is 0 Å². The van der Waals surface area contributed by atoms with Crippen molar-refractivity contribution in [3.63, 3.8) is 0 Å². The molecule has 2 aromatic carbocycles. The van der Waals surface area contributed by atoms with Gasteiger partial charge in [0.2, 0.25) is 0 Å². The zero-order chi connectivity index (χ0) is 17.2. The van der Waals surface area contributed by atoms with Crippen molar-refractivity contribution in [1.29, 1.82) is 5.41 Å². The maximum absolute atomic E-state index is 11.8. The van der Waals surface area contributed by atoms with Gasteiger partial charge in [0, 0.05) is 12.8 Å². The molecular weight excluding hydrogens is 300 g/mol. The molecule has 0 spiro atoms. The fourth-order valence-electron chi connectivity index (χ4n) is 3.02. The predicted molar refractivity (Wildman–Crippen MR) is 95.2 cm³/mol. The number of nitrogens with two attached hydrogens (primary N) is 1. The van der Waals surface area contributed by atoms with Crippen LogP contribution in [-0.2, 0) is 12.1 Å². The van der Waals surface area contributed by atoms with Gasteiger partial charge in [-0.3, -0.25) is 0 Å². The average molecular weight is 320 g/mol. The Morgan fingerprint density at radius 3 is 2.00 bits per heavy atom. The van der Waals surface area contributed by atoms with E-state index in [0.717, 1.165) is 0 Å². The molecule has 5 nitrogen and oxygen atoms in total. The van der Waals surface area contributed by atoms with Crippen molar-refractivity contribution >= 4 is 12.0 Å². The fraction of sp³-hybridized carbons (Fsp3) is 0.158. The molecule has 0 aliphatic rings. The highest BCUT2D eigenvalue weighted by Crippen LogP contribution is 2.37. The molecule has 1 heterocycles. The van der Waals surface area contributed by atoms with Gasteiger partial charge in [-0.25, -0.2) is 4.98 Å². The van der Waals surface area contributed by atoms with E-state index in [1.54, 1.807) is 4.57 Å². The van der Waals surface area contributed by atoms with Crippen LogP contribution in [0.5, 0.6) is 0 Å². The Hall–Kier alpha value is -2.92. The van der Waals surface area contributed by atoms with Gasteiger partial charge in [-0.2, -0.15) is 0 Å². The van der Waals surface area contributed by atoms with Crippen LogP contribution >= 0.6 is 0 Å². The highest BCUT2D eigenvalue weighted by Gasteiger charge is 2.39. The zero-order valence-electron chi connectivity index (χ0n) is 13.5. The van der Waals surface area contributed by atoms with E-state index in [0.29, 0.717) is 29.2 Å². The summed E-state index contributed by atoms with van der Waals surface area (Å²) in [5.41, 5.74) is 6.44. The van der Waals surface area contributed by atoms with E-state index in [9.17, 15) is 5.11 Å². The lowest BCUT2D eigenvalue weighted by Crippen LogP contribution is -2.33. The minimum Gasteiger partial charge on any atom is -0.382 e. The van der Waals surface area contributed by atoms with E-state index in [1.807, 2.05) is 67.6 Å². The molecule has 0 atom stereocenters. The van der Waals surface area contributed by atoms with Crippen LogP contribution in [0.4, 0.5) is 5.82 Å².